The number of ether oxygens (including phenoxy) is 2. The zero-order chi connectivity index (χ0) is 72.3. The maximum atomic E-state index is 13.5. The van der Waals surface area contributed by atoms with Gasteiger partial charge in [-0.2, -0.15) is 0 Å². The summed E-state index contributed by atoms with van der Waals surface area (Å²) in [5.74, 6) is 0.192. The molecule has 7 fully saturated rings. The Kier molecular flexibility index (Phi) is 24.1. The van der Waals surface area contributed by atoms with E-state index >= 15 is 0 Å². The van der Waals surface area contributed by atoms with Crippen molar-refractivity contribution in [2.24, 2.45) is 17.8 Å². The first-order valence-corrected chi connectivity index (χ1v) is 39.1. The van der Waals surface area contributed by atoms with Gasteiger partial charge in [-0.05, 0) is 224 Å². The van der Waals surface area contributed by atoms with E-state index in [0.29, 0.717) is 65.4 Å². The molecule has 2 saturated carbocycles. The summed E-state index contributed by atoms with van der Waals surface area (Å²) < 4.78 is 12.9. The largest absolute Gasteiger partial charge is 0.489 e. The van der Waals surface area contributed by atoms with E-state index in [-0.39, 0.29) is 41.8 Å². The standard InChI is InChI=1S/2C31H36ClN3O3.C15H15NO2.C10H7Br/c2*32-27-18-23(8-12-29(27)38-26-10-11-26)30(36)28(20-34-14-3-4-15-34)33-31(37)24-13-16-35(19-24)25-9-7-21-5-1-2-6-22(21)17-25;17-15(18)13-7-8-16(10-13)14-6-5-11-3-1-2-4-12(11)9-14;11-10-6-5-8-3-1-2-4-9(8)7-10/h2*1-2,5-9,12,17-18,24,26,28,30,36H,3-4,10-11,13-16,19-20H2,(H,33,37);1-6,9,13H,7-8,10H2,(H,17,18);1-7H/t24-,28+,30+;24-,28-,30-;;/m01../s1. The zero-order valence-corrected chi connectivity index (χ0v) is 62.4. The van der Waals surface area contributed by atoms with Gasteiger partial charge in [-0.3, -0.25) is 14.4 Å². The number of hydrogen-bond acceptors (Lipinski definition) is 12. The van der Waals surface area contributed by atoms with E-state index < -0.39 is 30.3 Å². The SMILES string of the molecule is Brc1ccc2ccccc2c1.O=C(N[C@H](CN1CCCC1)[C@H](O)c1ccc(OC2CC2)c(Cl)c1)[C@@H]1CCN(c2ccc3ccccc3c2)C1.O=C(N[C@H](CN1CCCC1)[C@H](O)c1ccc(OC2CC2)c(Cl)c1)[C@H]1CCN(c2ccc3ccccc3c2)C1.O=C(O)C1CCN(c2ccc3ccccc3c2)C1. The van der Waals surface area contributed by atoms with Crippen molar-refractivity contribution in [1.82, 2.24) is 20.4 Å². The number of aliphatic hydroxyl groups excluding tert-OH is 2. The molecule has 5 N–H and O–H groups in total. The van der Waals surface area contributed by atoms with Crippen LogP contribution in [0.4, 0.5) is 17.1 Å². The molecule has 0 radical (unpaired) electrons. The smallest absolute Gasteiger partial charge is 0.308 e. The summed E-state index contributed by atoms with van der Waals surface area (Å²) in [6.07, 6.45) is 9.97. The van der Waals surface area contributed by atoms with Crippen LogP contribution in [0.1, 0.15) is 94.0 Å². The molecule has 7 atom stereocenters. The van der Waals surface area contributed by atoms with Crippen molar-refractivity contribution in [1.29, 1.82) is 0 Å². The van der Waals surface area contributed by atoms with Crippen molar-refractivity contribution in [3.63, 3.8) is 0 Å². The predicted molar refractivity (Wildman–Crippen MR) is 427 cm³/mol. The van der Waals surface area contributed by atoms with Crippen LogP contribution in [0.5, 0.6) is 11.5 Å². The molecule has 7 aliphatic rings. The van der Waals surface area contributed by atoms with Crippen molar-refractivity contribution in [2.75, 3.05) is 93.2 Å². The maximum absolute atomic E-state index is 13.5. The molecule has 2 amide bonds. The average molecular weight is 1520 g/mol. The first-order valence-electron chi connectivity index (χ1n) is 37.6. The van der Waals surface area contributed by atoms with Crippen LogP contribution in [0.2, 0.25) is 10.0 Å². The second kappa shape index (κ2) is 34.4. The van der Waals surface area contributed by atoms with Gasteiger partial charge in [0.1, 0.15) is 23.7 Å². The fourth-order valence-corrected chi connectivity index (χ4v) is 16.1. The summed E-state index contributed by atoms with van der Waals surface area (Å²) in [7, 11) is 0. The summed E-state index contributed by atoms with van der Waals surface area (Å²) in [6, 6.07) is 69.0. The average Bonchev–Trinajstić information content (AvgIpc) is 1.79. The van der Waals surface area contributed by atoms with Crippen LogP contribution >= 0.6 is 39.1 Å². The van der Waals surface area contributed by atoms with Gasteiger partial charge in [0.25, 0.3) is 0 Å². The number of carbonyl (C=O) groups is 3. The van der Waals surface area contributed by atoms with E-state index in [4.69, 9.17) is 37.8 Å². The minimum atomic E-state index is -0.856. The Hall–Kier alpha value is -8.45. The van der Waals surface area contributed by atoms with Gasteiger partial charge < -0.3 is 59.9 Å². The number of aliphatic carboxylic acids is 1. The number of aliphatic hydroxyl groups is 2. The Morgan fingerprint density at radius 2 is 0.743 bits per heavy atom. The molecule has 5 heterocycles. The van der Waals surface area contributed by atoms with Gasteiger partial charge in [0.05, 0.1) is 52.1 Å². The van der Waals surface area contributed by atoms with E-state index in [1.54, 1.807) is 12.1 Å². The third-order valence-corrected chi connectivity index (χ3v) is 22.7. The van der Waals surface area contributed by atoms with Crippen LogP contribution in [0.25, 0.3) is 43.1 Å². The van der Waals surface area contributed by atoms with E-state index in [9.17, 15) is 24.6 Å². The summed E-state index contributed by atoms with van der Waals surface area (Å²) in [5.41, 5.74) is 4.82. The van der Waals surface area contributed by atoms with Crippen LogP contribution in [0.15, 0.2) is 211 Å². The van der Waals surface area contributed by atoms with E-state index in [1.807, 2.05) is 36.4 Å². The van der Waals surface area contributed by atoms with Gasteiger partial charge in [0.15, 0.2) is 0 Å². The molecule has 10 aromatic rings. The van der Waals surface area contributed by atoms with Crippen molar-refractivity contribution in [2.45, 2.75) is 107 Å². The van der Waals surface area contributed by atoms with E-state index in [2.05, 4.69) is 209 Å². The lowest BCUT2D eigenvalue weighted by molar-refractivity contribution is -0.141. The molecular formula is C87H94BrCl2N7O8. The zero-order valence-electron chi connectivity index (χ0n) is 59.3. The molecule has 2 aliphatic carbocycles. The lowest BCUT2D eigenvalue weighted by Crippen LogP contribution is -2.48. The van der Waals surface area contributed by atoms with Crippen LogP contribution in [-0.4, -0.2) is 146 Å². The van der Waals surface area contributed by atoms with Crippen LogP contribution in [0.3, 0.4) is 0 Å². The van der Waals surface area contributed by atoms with E-state index in [0.717, 1.165) is 138 Å². The molecule has 15 nitrogen and oxygen atoms in total. The number of carbonyl (C=O) groups excluding carboxylic acids is 2. The quantitative estimate of drug-likeness (QED) is 0.0489. The fraction of sp³-hybridized carbons (Fsp3) is 0.368. The Labute approximate surface area is 634 Å². The van der Waals surface area contributed by atoms with Crippen molar-refractivity contribution in [3.8, 4) is 11.5 Å². The van der Waals surface area contributed by atoms with Gasteiger partial charge in [-0.25, -0.2) is 0 Å². The van der Waals surface area contributed by atoms with Gasteiger partial charge in [0.2, 0.25) is 11.8 Å². The molecule has 18 heteroatoms. The molecule has 105 heavy (non-hydrogen) atoms. The second-order valence-electron chi connectivity index (χ2n) is 29.4. The maximum Gasteiger partial charge on any atom is 0.308 e. The predicted octanol–water partition coefficient (Wildman–Crippen LogP) is 16.7. The summed E-state index contributed by atoms with van der Waals surface area (Å²) in [4.78, 5) is 49.3. The number of carboxylic acids is 1. The van der Waals surface area contributed by atoms with Crippen LogP contribution in [0, 0.1) is 17.8 Å². The Balaban J connectivity index is 0.000000129. The minimum Gasteiger partial charge on any atom is -0.489 e. The fourth-order valence-electron chi connectivity index (χ4n) is 15.2. The number of likely N-dealkylation sites (tertiary alicyclic amines) is 2. The number of benzene rings is 10. The third kappa shape index (κ3) is 19.2. The molecule has 5 aliphatic heterocycles. The summed E-state index contributed by atoms with van der Waals surface area (Å²) >= 11 is 16.4. The number of hydrogen-bond donors (Lipinski definition) is 5. The number of amides is 2. The van der Waals surface area contributed by atoms with Crippen LogP contribution in [-0.2, 0) is 14.4 Å². The highest BCUT2D eigenvalue weighted by atomic mass is 79.9. The summed E-state index contributed by atoms with van der Waals surface area (Å²) in [5, 5.41) is 49.2. The molecule has 546 valence electrons. The first-order chi connectivity index (χ1) is 51.2. The Morgan fingerprint density at radius 1 is 0.410 bits per heavy atom. The van der Waals surface area contributed by atoms with Gasteiger partial charge in [-0.1, -0.05) is 173 Å². The molecular weight excluding hydrogens is 1420 g/mol. The molecule has 0 bridgehead atoms. The number of anilines is 3. The monoisotopic (exact) mass is 1510 g/mol. The number of rotatable bonds is 20. The van der Waals surface area contributed by atoms with Gasteiger partial charge in [-0.15, -0.1) is 0 Å². The number of fused-ring (bicyclic) bond motifs is 4. The topological polar surface area (TPSA) is 171 Å². The molecule has 0 aromatic heterocycles. The second-order valence-corrected chi connectivity index (χ2v) is 31.1. The lowest BCUT2D eigenvalue weighted by atomic mass is 10.00. The molecule has 10 aromatic carbocycles. The Morgan fingerprint density at radius 3 is 1.09 bits per heavy atom. The molecule has 5 saturated heterocycles. The number of carboxylic acid groups (broad SMARTS) is 1. The molecule has 0 spiro atoms. The number of nitrogens with zero attached hydrogens (tertiary/aromatic N) is 5. The highest BCUT2D eigenvalue weighted by Crippen LogP contribution is 2.38. The molecule has 1 unspecified atom stereocenters. The third-order valence-electron chi connectivity index (χ3n) is 21.6. The lowest BCUT2D eigenvalue weighted by Gasteiger charge is -2.30. The van der Waals surface area contributed by atoms with Crippen molar-refractivity contribution >= 4 is 117 Å². The van der Waals surface area contributed by atoms with Crippen molar-refractivity contribution < 1.29 is 39.2 Å². The summed E-state index contributed by atoms with van der Waals surface area (Å²) in [6.45, 7) is 9.69. The van der Waals surface area contributed by atoms with Crippen LogP contribution < -0.4 is 34.8 Å². The normalized spacial score (nSPS) is 20.0. The van der Waals surface area contributed by atoms with Crippen molar-refractivity contribution in [3.05, 3.63) is 232 Å². The van der Waals surface area contributed by atoms with Gasteiger partial charge in [0, 0.05) is 73.9 Å². The Bertz CT molecular complexity index is 4460. The highest BCUT2D eigenvalue weighted by Gasteiger charge is 2.37. The molecule has 17 rings (SSSR count). The number of nitrogens with one attached hydrogen (secondary N) is 2. The number of halogens is 3. The first kappa shape index (κ1) is 73.4. The van der Waals surface area contributed by atoms with E-state index in [1.165, 1.54) is 43.1 Å². The highest BCUT2D eigenvalue weighted by molar-refractivity contribution is 9.10. The minimum absolute atomic E-state index is 0.0105. The van der Waals surface area contributed by atoms with Gasteiger partial charge >= 0.3 is 5.97 Å².